The van der Waals surface area contributed by atoms with Crippen molar-refractivity contribution in [3.8, 4) is 17.2 Å². The molecule has 7 heteroatoms. The fourth-order valence-electron chi connectivity index (χ4n) is 2.92. The number of aromatic nitrogens is 1. The second kappa shape index (κ2) is 9.73. The second-order valence-corrected chi connectivity index (χ2v) is 6.62. The minimum Gasteiger partial charge on any atom is -0.487 e. The Bertz CT molecular complexity index is 978. The van der Waals surface area contributed by atoms with Crippen LogP contribution in [-0.4, -0.2) is 31.1 Å². The van der Waals surface area contributed by atoms with Crippen LogP contribution < -0.4 is 4.74 Å². The van der Waals surface area contributed by atoms with Crippen LogP contribution in [0, 0.1) is 12.8 Å². The summed E-state index contributed by atoms with van der Waals surface area (Å²) in [7, 11) is 2.48. The lowest BCUT2D eigenvalue weighted by atomic mass is 9.99. The lowest BCUT2D eigenvalue weighted by Crippen LogP contribution is -2.28. The zero-order chi connectivity index (χ0) is 21.5. The molecule has 0 aliphatic heterocycles. The van der Waals surface area contributed by atoms with Crippen LogP contribution in [0.2, 0.25) is 0 Å². The molecule has 0 radical (unpaired) electrons. The molecule has 0 fully saturated rings. The van der Waals surface area contributed by atoms with E-state index in [4.69, 9.17) is 9.15 Å². The van der Waals surface area contributed by atoms with Gasteiger partial charge < -0.3 is 18.6 Å². The standard InChI is InChI=1S/C23H23NO6/c1-15-20(24-21(30-15)17-7-5-4-6-8-17)14-29-18-11-9-16(10-12-18)13-19(22(25)27-2)23(26)28-3/h4-12,19H,13-14H2,1-3H3. The van der Waals surface area contributed by atoms with Gasteiger partial charge in [0.15, 0.2) is 5.92 Å². The van der Waals surface area contributed by atoms with Gasteiger partial charge in [-0.1, -0.05) is 30.3 Å². The van der Waals surface area contributed by atoms with Gasteiger partial charge in [0.1, 0.15) is 23.8 Å². The van der Waals surface area contributed by atoms with Crippen molar-refractivity contribution in [2.75, 3.05) is 14.2 Å². The number of methoxy groups -OCH3 is 2. The molecule has 0 spiro atoms. The number of hydrogen-bond acceptors (Lipinski definition) is 7. The van der Waals surface area contributed by atoms with E-state index in [-0.39, 0.29) is 13.0 Å². The molecular weight excluding hydrogens is 386 g/mol. The third kappa shape index (κ3) is 5.05. The molecule has 0 atom stereocenters. The maximum Gasteiger partial charge on any atom is 0.320 e. The van der Waals surface area contributed by atoms with Crippen LogP contribution in [0.1, 0.15) is 17.0 Å². The van der Waals surface area contributed by atoms with E-state index in [2.05, 4.69) is 14.5 Å². The molecule has 0 unspecified atom stereocenters. The number of rotatable bonds is 8. The maximum absolute atomic E-state index is 11.8. The Morgan fingerprint density at radius 1 is 0.967 bits per heavy atom. The first-order valence-electron chi connectivity index (χ1n) is 9.41. The van der Waals surface area contributed by atoms with Crippen molar-refractivity contribution in [2.45, 2.75) is 20.0 Å². The van der Waals surface area contributed by atoms with Crippen molar-refractivity contribution in [1.29, 1.82) is 0 Å². The summed E-state index contributed by atoms with van der Waals surface area (Å²) in [5.74, 6) is -0.366. The smallest absolute Gasteiger partial charge is 0.320 e. The molecule has 3 rings (SSSR count). The first-order chi connectivity index (χ1) is 14.5. The van der Waals surface area contributed by atoms with E-state index in [1.54, 1.807) is 24.3 Å². The summed E-state index contributed by atoms with van der Waals surface area (Å²) in [6, 6.07) is 16.8. The van der Waals surface area contributed by atoms with Crippen LogP contribution in [0.15, 0.2) is 59.0 Å². The molecule has 3 aromatic rings. The van der Waals surface area contributed by atoms with Gasteiger partial charge in [-0.3, -0.25) is 9.59 Å². The first kappa shape index (κ1) is 21.1. The SMILES string of the molecule is COC(=O)C(Cc1ccc(OCc2nc(-c3ccccc3)oc2C)cc1)C(=O)OC. The van der Waals surface area contributed by atoms with Crippen molar-refractivity contribution < 1.29 is 28.2 Å². The molecule has 1 heterocycles. The monoisotopic (exact) mass is 409 g/mol. The number of aryl methyl sites for hydroxylation is 1. The van der Waals surface area contributed by atoms with Crippen molar-refractivity contribution in [2.24, 2.45) is 5.92 Å². The molecule has 156 valence electrons. The van der Waals surface area contributed by atoms with Gasteiger partial charge in [0, 0.05) is 5.56 Å². The molecule has 2 aromatic carbocycles. The Morgan fingerprint density at radius 3 is 2.20 bits per heavy atom. The number of benzene rings is 2. The van der Waals surface area contributed by atoms with Gasteiger partial charge in [-0.05, 0) is 43.2 Å². The van der Waals surface area contributed by atoms with E-state index >= 15 is 0 Å². The van der Waals surface area contributed by atoms with E-state index in [9.17, 15) is 9.59 Å². The Balaban J connectivity index is 1.63. The third-order valence-corrected chi connectivity index (χ3v) is 4.62. The fraction of sp³-hybridized carbons (Fsp3) is 0.261. The number of hydrogen-bond donors (Lipinski definition) is 0. The topological polar surface area (TPSA) is 87.9 Å². The van der Waals surface area contributed by atoms with Gasteiger partial charge in [-0.25, -0.2) is 4.98 Å². The van der Waals surface area contributed by atoms with Crippen molar-refractivity contribution in [1.82, 2.24) is 4.98 Å². The summed E-state index contributed by atoms with van der Waals surface area (Å²) >= 11 is 0. The van der Waals surface area contributed by atoms with Gasteiger partial charge >= 0.3 is 11.9 Å². The maximum atomic E-state index is 11.8. The van der Waals surface area contributed by atoms with Gasteiger partial charge in [0.25, 0.3) is 0 Å². The van der Waals surface area contributed by atoms with Crippen LogP contribution in [0.25, 0.3) is 11.5 Å². The molecular formula is C23H23NO6. The summed E-state index contributed by atoms with van der Waals surface area (Å²) < 4.78 is 20.9. The molecule has 0 amide bonds. The first-order valence-corrected chi connectivity index (χ1v) is 9.41. The number of nitrogens with zero attached hydrogens (tertiary/aromatic N) is 1. The highest BCUT2D eigenvalue weighted by atomic mass is 16.5. The average Bonchev–Trinajstić information content (AvgIpc) is 3.17. The molecule has 7 nitrogen and oxygen atoms in total. The largest absolute Gasteiger partial charge is 0.487 e. The van der Waals surface area contributed by atoms with Crippen LogP contribution in [0.5, 0.6) is 5.75 Å². The highest BCUT2D eigenvalue weighted by molar-refractivity contribution is 5.95. The number of esters is 2. The minimum absolute atomic E-state index is 0.183. The van der Waals surface area contributed by atoms with Gasteiger partial charge in [-0.15, -0.1) is 0 Å². The molecule has 0 saturated heterocycles. The molecule has 30 heavy (non-hydrogen) atoms. The van der Waals surface area contributed by atoms with Crippen molar-refractivity contribution in [3.05, 3.63) is 71.6 Å². The predicted octanol–water partition coefficient (Wildman–Crippen LogP) is 3.73. The number of carbonyl (C=O) groups excluding carboxylic acids is 2. The lowest BCUT2D eigenvalue weighted by Gasteiger charge is -2.12. The number of oxazole rings is 1. The van der Waals surface area contributed by atoms with Crippen LogP contribution >= 0.6 is 0 Å². The van der Waals surface area contributed by atoms with E-state index in [1.165, 1.54) is 14.2 Å². The van der Waals surface area contributed by atoms with E-state index in [0.29, 0.717) is 17.4 Å². The van der Waals surface area contributed by atoms with E-state index in [1.807, 2.05) is 37.3 Å². The molecule has 0 aliphatic rings. The normalized spacial score (nSPS) is 10.7. The van der Waals surface area contributed by atoms with Gasteiger partial charge in [0.2, 0.25) is 5.89 Å². The van der Waals surface area contributed by atoms with E-state index < -0.39 is 17.9 Å². The molecule has 0 saturated carbocycles. The third-order valence-electron chi connectivity index (χ3n) is 4.62. The molecule has 1 aromatic heterocycles. The Kier molecular flexibility index (Phi) is 6.85. The quantitative estimate of drug-likeness (QED) is 0.414. The average molecular weight is 409 g/mol. The minimum atomic E-state index is -0.999. The highest BCUT2D eigenvalue weighted by Crippen LogP contribution is 2.23. The molecule has 0 N–H and O–H groups in total. The predicted molar refractivity (Wildman–Crippen MR) is 109 cm³/mol. The molecule has 0 bridgehead atoms. The summed E-state index contributed by atoms with van der Waals surface area (Å²) in [4.78, 5) is 28.1. The summed E-state index contributed by atoms with van der Waals surface area (Å²) in [6.07, 6.45) is 0.183. The van der Waals surface area contributed by atoms with Crippen LogP contribution in [0.4, 0.5) is 0 Å². The summed E-state index contributed by atoms with van der Waals surface area (Å²) in [6.45, 7) is 2.11. The van der Waals surface area contributed by atoms with Gasteiger partial charge in [-0.2, -0.15) is 0 Å². The Morgan fingerprint density at radius 2 is 1.60 bits per heavy atom. The van der Waals surface area contributed by atoms with Crippen LogP contribution in [-0.2, 0) is 32.1 Å². The Labute approximate surface area is 174 Å². The lowest BCUT2D eigenvalue weighted by molar-refractivity contribution is -0.158. The van der Waals surface area contributed by atoms with Gasteiger partial charge in [0.05, 0.1) is 14.2 Å². The van der Waals surface area contributed by atoms with Crippen LogP contribution in [0.3, 0.4) is 0 Å². The van der Waals surface area contributed by atoms with Crippen molar-refractivity contribution in [3.63, 3.8) is 0 Å². The number of ether oxygens (including phenoxy) is 3. The fourth-order valence-corrected chi connectivity index (χ4v) is 2.92. The summed E-state index contributed by atoms with van der Waals surface area (Å²) in [5.41, 5.74) is 2.41. The van der Waals surface area contributed by atoms with E-state index in [0.717, 1.165) is 16.8 Å². The zero-order valence-electron chi connectivity index (χ0n) is 17.1. The van der Waals surface area contributed by atoms with Crippen molar-refractivity contribution >= 4 is 11.9 Å². The number of carbonyl (C=O) groups is 2. The zero-order valence-corrected chi connectivity index (χ0v) is 17.1. The summed E-state index contributed by atoms with van der Waals surface area (Å²) in [5, 5.41) is 0. The highest BCUT2D eigenvalue weighted by Gasteiger charge is 2.28. The molecule has 0 aliphatic carbocycles. The Hall–Kier alpha value is -3.61. The second-order valence-electron chi connectivity index (χ2n) is 6.62.